The van der Waals surface area contributed by atoms with Crippen LogP contribution in [0.25, 0.3) is 0 Å². The van der Waals surface area contributed by atoms with Gasteiger partial charge in [0, 0.05) is 5.33 Å². The highest BCUT2D eigenvalue weighted by Crippen LogP contribution is 2.26. The summed E-state index contributed by atoms with van der Waals surface area (Å²) in [7, 11) is 0. The Balaban J connectivity index is 2.94. The van der Waals surface area contributed by atoms with Crippen LogP contribution in [-0.2, 0) is 0 Å². The van der Waals surface area contributed by atoms with Crippen LogP contribution in [0.5, 0.6) is 5.75 Å². The molecule has 1 aromatic rings. The molecule has 1 atom stereocenters. The van der Waals surface area contributed by atoms with E-state index in [9.17, 15) is 8.78 Å². The molecule has 0 heterocycles. The number of rotatable bonds is 4. The summed E-state index contributed by atoms with van der Waals surface area (Å²) >= 11 is 3.36. The minimum atomic E-state index is -2.77. The van der Waals surface area contributed by atoms with Gasteiger partial charge >= 0.3 is 6.61 Å². The van der Waals surface area contributed by atoms with Crippen LogP contribution in [0.4, 0.5) is 8.78 Å². The molecule has 0 amide bonds. The molecule has 0 fully saturated rings. The Labute approximate surface area is 96.6 Å². The molecule has 1 unspecified atom stereocenters. The van der Waals surface area contributed by atoms with Gasteiger partial charge in [0.25, 0.3) is 0 Å². The predicted molar refractivity (Wildman–Crippen MR) is 60.0 cm³/mol. The van der Waals surface area contributed by atoms with Crippen LogP contribution < -0.4 is 4.74 Å². The third-order valence-corrected chi connectivity index (χ3v) is 3.20. The third kappa shape index (κ3) is 3.45. The highest BCUT2D eigenvalue weighted by atomic mass is 79.9. The normalized spacial score (nSPS) is 12.9. The molecule has 0 saturated heterocycles. The van der Waals surface area contributed by atoms with Crippen LogP contribution in [0.2, 0.25) is 0 Å². The van der Waals surface area contributed by atoms with Crippen LogP contribution in [0, 0.1) is 6.92 Å². The van der Waals surface area contributed by atoms with Crippen LogP contribution in [0.3, 0.4) is 0 Å². The van der Waals surface area contributed by atoms with Gasteiger partial charge in [-0.15, -0.1) is 0 Å². The monoisotopic (exact) mass is 278 g/mol. The first-order chi connectivity index (χ1) is 7.04. The summed E-state index contributed by atoms with van der Waals surface area (Å²) in [5.74, 6) is 0.543. The summed E-state index contributed by atoms with van der Waals surface area (Å²) in [4.78, 5) is 0. The lowest BCUT2D eigenvalue weighted by atomic mass is 10.0. The summed E-state index contributed by atoms with van der Waals surface area (Å²) in [5.41, 5.74) is 1.72. The molecule has 84 valence electrons. The van der Waals surface area contributed by atoms with Crippen molar-refractivity contribution in [1.82, 2.24) is 0 Å². The predicted octanol–water partition coefficient (Wildman–Crippen LogP) is 4.09. The van der Waals surface area contributed by atoms with Crippen molar-refractivity contribution >= 4 is 15.9 Å². The van der Waals surface area contributed by atoms with Crippen molar-refractivity contribution in [2.45, 2.75) is 26.4 Å². The SMILES string of the molecule is Cc1ccc(C(C)CBr)cc1OC(F)F. The summed E-state index contributed by atoms with van der Waals surface area (Å²) in [5, 5.41) is 0.796. The molecular formula is C11H13BrF2O. The zero-order valence-corrected chi connectivity index (χ0v) is 10.2. The lowest BCUT2D eigenvalue weighted by molar-refractivity contribution is -0.0503. The Morgan fingerprint density at radius 1 is 1.40 bits per heavy atom. The van der Waals surface area contributed by atoms with Gasteiger partial charge in [-0.25, -0.2) is 0 Å². The summed E-state index contributed by atoms with van der Waals surface area (Å²) in [6, 6.07) is 5.40. The van der Waals surface area contributed by atoms with E-state index in [1.165, 1.54) is 0 Å². The van der Waals surface area contributed by atoms with Crippen molar-refractivity contribution in [3.63, 3.8) is 0 Å². The van der Waals surface area contributed by atoms with Gasteiger partial charge in [-0.3, -0.25) is 0 Å². The lowest BCUT2D eigenvalue weighted by Crippen LogP contribution is -2.04. The Hall–Kier alpha value is -0.640. The maximum absolute atomic E-state index is 12.1. The van der Waals surface area contributed by atoms with Crippen molar-refractivity contribution in [3.8, 4) is 5.75 Å². The summed E-state index contributed by atoms with van der Waals surface area (Å²) in [6.07, 6.45) is 0. The van der Waals surface area contributed by atoms with Crippen molar-refractivity contribution in [2.75, 3.05) is 5.33 Å². The zero-order valence-electron chi connectivity index (χ0n) is 8.64. The van der Waals surface area contributed by atoms with E-state index in [1.54, 1.807) is 19.1 Å². The van der Waals surface area contributed by atoms with E-state index in [0.29, 0.717) is 0 Å². The van der Waals surface area contributed by atoms with Crippen LogP contribution >= 0.6 is 15.9 Å². The quantitative estimate of drug-likeness (QED) is 0.754. The van der Waals surface area contributed by atoms with Crippen LogP contribution in [0.15, 0.2) is 18.2 Å². The minimum Gasteiger partial charge on any atom is -0.435 e. The molecule has 0 radical (unpaired) electrons. The molecule has 0 aliphatic heterocycles. The smallest absolute Gasteiger partial charge is 0.387 e. The molecule has 0 saturated carbocycles. The van der Waals surface area contributed by atoms with Gasteiger partial charge in [0.1, 0.15) is 5.75 Å². The van der Waals surface area contributed by atoms with E-state index >= 15 is 0 Å². The summed E-state index contributed by atoms with van der Waals surface area (Å²) in [6.45, 7) is 1.00. The Bertz CT molecular complexity index is 328. The largest absolute Gasteiger partial charge is 0.435 e. The molecule has 1 rings (SSSR count). The number of halogens is 3. The van der Waals surface area contributed by atoms with Gasteiger partial charge in [-0.1, -0.05) is 35.0 Å². The highest BCUT2D eigenvalue weighted by Gasteiger charge is 2.10. The fraction of sp³-hybridized carbons (Fsp3) is 0.455. The number of alkyl halides is 3. The number of aryl methyl sites for hydroxylation is 1. The number of benzene rings is 1. The zero-order chi connectivity index (χ0) is 11.4. The fourth-order valence-electron chi connectivity index (χ4n) is 1.24. The molecule has 0 N–H and O–H groups in total. The second-order valence-electron chi connectivity index (χ2n) is 3.46. The Morgan fingerprint density at radius 3 is 2.60 bits per heavy atom. The average molecular weight is 279 g/mol. The first-order valence-electron chi connectivity index (χ1n) is 4.66. The van der Waals surface area contributed by atoms with E-state index in [0.717, 1.165) is 16.5 Å². The topological polar surface area (TPSA) is 9.23 Å². The van der Waals surface area contributed by atoms with Gasteiger partial charge in [-0.2, -0.15) is 8.78 Å². The van der Waals surface area contributed by atoms with E-state index < -0.39 is 6.61 Å². The van der Waals surface area contributed by atoms with Crippen molar-refractivity contribution < 1.29 is 13.5 Å². The molecule has 1 aromatic carbocycles. The van der Waals surface area contributed by atoms with Gasteiger partial charge in [0.05, 0.1) is 0 Å². The number of hydrogen-bond acceptors (Lipinski definition) is 1. The van der Waals surface area contributed by atoms with Crippen LogP contribution in [0.1, 0.15) is 24.0 Å². The van der Waals surface area contributed by atoms with Gasteiger partial charge in [-0.05, 0) is 30.0 Å². The maximum Gasteiger partial charge on any atom is 0.387 e. The fourth-order valence-corrected chi connectivity index (χ4v) is 1.61. The third-order valence-electron chi connectivity index (χ3n) is 2.23. The molecule has 0 aliphatic carbocycles. The van der Waals surface area contributed by atoms with Gasteiger partial charge < -0.3 is 4.74 Å². The van der Waals surface area contributed by atoms with Gasteiger partial charge in [0.15, 0.2) is 0 Å². The summed E-state index contributed by atoms with van der Waals surface area (Å²) < 4.78 is 28.6. The first kappa shape index (κ1) is 12.4. The first-order valence-corrected chi connectivity index (χ1v) is 5.78. The van der Waals surface area contributed by atoms with Crippen molar-refractivity contribution in [3.05, 3.63) is 29.3 Å². The average Bonchev–Trinajstić information content (AvgIpc) is 2.19. The lowest BCUT2D eigenvalue weighted by Gasteiger charge is -2.13. The van der Waals surface area contributed by atoms with Crippen molar-refractivity contribution in [1.29, 1.82) is 0 Å². The van der Waals surface area contributed by atoms with E-state index in [1.807, 2.05) is 13.0 Å². The van der Waals surface area contributed by atoms with Gasteiger partial charge in [0.2, 0.25) is 0 Å². The molecule has 1 nitrogen and oxygen atoms in total. The molecule has 0 bridgehead atoms. The maximum atomic E-state index is 12.1. The molecular weight excluding hydrogens is 266 g/mol. The van der Waals surface area contributed by atoms with E-state index in [4.69, 9.17) is 0 Å². The Kier molecular flexibility index (Phi) is 4.51. The van der Waals surface area contributed by atoms with E-state index in [-0.39, 0.29) is 11.7 Å². The molecule has 0 aliphatic rings. The Morgan fingerprint density at radius 2 is 2.07 bits per heavy atom. The van der Waals surface area contributed by atoms with Crippen LogP contribution in [-0.4, -0.2) is 11.9 Å². The second kappa shape index (κ2) is 5.45. The number of hydrogen-bond donors (Lipinski definition) is 0. The molecule has 0 spiro atoms. The molecule has 15 heavy (non-hydrogen) atoms. The van der Waals surface area contributed by atoms with E-state index in [2.05, 4.69) is 20.7 Å². The minimum absolute atomic E-state index is 0.260. The van der Waals surface area contributed by atoms with Crippen molar-refractivity contribution in [2.24, 2.45) is 0 Å². The molecule has 4 heteroatoms. The molecule has 0 aromatic heterocycles. The highest BCUT2D eigenvalue weighted by molar-refractivity contribution is 9.09. The second-order valence-corrected chi connectivity index (χ2v) is 4.11. The standard InChI is InChI=1S/C11H13BrF2O/c1-7-3-4-9(8(2)6-12)5-10(7)15-11(13)14/h3-5,8,11H,6H2,1-2H3. The number of ether oxygens (including phenoxy) is 1.